The van der Waals surface area contributed by atoms with Crippen molar-refractivity contribution in [1.82, 2.24) is 9.97 Å². The zero-order valence-corrected chi connectivity index (χ0v) is 14.8. The molecule has 2 aromatic rings. The van der Waals surface area contributed by atoms with Gasteiger partial charge in [0, 0.05) is 24.3 Å². The summed E-state index contributed by atoms with van der Waals surface area (Å²) in [5.74, 6) is 1.65. The summed E-state index contributed by atoms with van der Waals surface area (Å²) in [4.78, 5) is 9.23. The number of benzene rings is 1. The normalized spacial score (nSPS) is 15.8. The van der Waals surface area contributed by atoms with E-state index in [-0.39, 0.29) is 0 Å². The highest BCUT2D eigenvalue weighted by molar-refractivity contribution is 5.43. The van der Waals surface area contributed by atoms with E-state index >= 15 is 0 Å². The smallest absolute Gasteiger partial charge is 0.225 e. The molecular weight excluding hydrogens is 296 g/mol. The van der Waals surface area contributed by atoms with Gasteiger partial charge in [-0.1, -0.05) is 55.5 Å². The van der Waals surface area contributed by atoms with Gasteiger partial charge in [-0.2, -0.15) is 4.98 Å². The first-order valence-electron chi connectivity index (χ1n) is 9.11. The molecule has 0 aliphatic heterocycles. The van der Waals surface area contributed by atoms with Crippen molar-refractivity contribution in [2.75, 3.05) is 10.6 Å². The summed E-state index contributed by atoms with van der Waals surface area (Å²) in [7, 11) is 0. The summed E-state index contributed by atoms with van der Waals surface area (Å²) in [6.07, 6.45) is 7.78. The van der Waals surface area contributed by atoms with Gasteiger partial charge in [-0.3, -0.25) is 0 Å². The van der Waals surface area contributed by atoms with Gasteiger partial charge in [-0.25, -0.2) is 4.98 Å². The fraction of sp³-hybridized carbons (Fsp3) is 0.500. The molecule has 1 aromatic carbocycles. The topological polar surface area (TPSA) is 49.8 Å². The molecule has 1 aliphatic carbocycles. The third-order valence-electron chi connectivity index (χ3n) is 4.60. The van der Waals surface area contributed by atoms with Crippen LogP contribution in [0.25, 0.3) is 0 Å². The quantitative estimate of drug-likeness (QED) is 0.773. The summed E-state index contributed by atoms with van der Waals surface area (Å²) in [5, 5.41) is 6.98. The minimum Gasteiger partial charge on any atom is -0.366 e. The van der Waals surface area contributed by atoms with Gasteiger partial charge in [0.2, 0.25) is 5.95 Å². The van der Waals surface area contributed by atoms with Crippen molar-refractivity contribution in [1.29, 1.82) is 0 Å². The lowest BCUT2D eigenvalue weighted by molar-refractivity contribution is 0.614. The molecule has 4 heteroatoms. The highest BCUT2D eigenvalue weighted by Gasteiger charge is 2.13. The monoisotopic (exact) mass is 324 g/mol. The Hall–Kier alpha value is -2.10. The van der Waals surface area contributed by atoms with Gasteiger partial charge < -0.3 is 10.6 Å². The van der Waals surface area contributed by atoms with Crippen LogP contribution in [0, 0.1) is 13.8 Å². The van der Waals surface area contributed by atoms with E-state index in [0.717, 1.165) is 24.0 Å². The zero-order chi connectivity index (χ0) is 16.8. The molecular formula is C20H28N4. The second-order valence-electron chi connectivity index (χ2n) is 6.89. The fourth-order valence-corrected chi connectivity index (χ4v) is 3.34. The molecule has 1 fully saturated rings. The molecule has 1 aromatic heterocycles. The first kappa shape index (κ1) is 16.7. The van der Waals surface area contributed by atoms with Gasteiger partial charge in [0.1, 0.15) is 5.82 Å². The maximum atomic E-state index is 4.66. The number of hydrogen-bond acceptors (Lipinski definition) is 4. The van der Waals surface area contributed by atoms with Gasteiger partial charge in [0.25, 0.3) is 0 Å². The largest absolute Gasteiger partial charge is 0.366 e. The Labute approximate surface area is 145 Å². The predicted octanol–water partition coefficient (Wildman–Crippen LogP) is 4.84. The molecule has 0 unspecified atom stereocenters. The van der Waals surface area contributed by atoms with Crippen molar-refractivity contribution in [3.63, 3.8) is 0 Å². The molecule has 128 valence electrons. The van der Waals surface area contributed by atoms with Crippen LogP contribution < -0.4 is 10.6 Å². The minimum absolute atomic E-state index is 0.513. The van der Waals surface area contributed by atoms with Crippen LogP contribution in [-0.2, 0) is 6.54 Å². The van der Waals surface area contributed by atoms with Gasteiger partial charge in [-0.05, 0) is 32.3 Å². The van der Waals surface area contributed by atoms with Crippen molar-refractivity contribution in [2.45, 2.75) is 65.0 Å². The number of hydrogen-bond donors (Lipinski definition) is 2. The van der Waals surface area contributed by atoms with E-state index in [9.17, 15) is 0 Å². The van der Waals surface area contributed by atoms with Crippen LogP contribution in [0.15, 0.2) is 30.3 Å². The third kappa shape index (κ3) is 4.95. The SMILES string of the molecule is Cc1cccc(CNc2cc(C)nc(NC3CCCCCC3)n2)c1. The van der Waals surface area contributed by atoms with Gasteiger partial charge in [-0.15, -0.1) is 0 Å². The number of aromatic nitrogens is 2. The standard InChI is InChI=1S/C20H28N4/c1-15-8-7-9-17(12-15)14-21-19-13-16(2)22-20(24-19)23-18-10-5-3-4-6-11-18/h7-9,12-13,18H,3-6,10-11,14H2,1-2H3,(H2,21,22,23,24). The molecule has 4 nitrogen and oxygen atoms in total. The Kier molecular flexibility index (Phi) is 5.68. The highest BCUT2D eigenvalue weighted by Crippen LogP contribution is 2.20. The molecule has 0 bridgehead atoms. The predicted molar refractivity (Wildman–Crippen MR) is 100 cm³/mol. The van der Waals surface area contributed by atoms with E-state index in [1.807, 2.05) is 13.0 Å². The maximum Gasteiger partial charge on any atom is 0.225 e. The lowest BCUT2D eigenvalue weighted by atomic mass is 10.1. The molecule has 0 amide bonds. The highest BCUT2D eigenvalue weighted by atomic mass is 15.2. The average molecular weight is 324 g/mol. The van der Waals surface area contributed by atoms with Crippen LogP contribution in [0.3, 0.4) is 0 Å². The fourth-order valence-electron chi connectivity index (χ4n) is 3.34. The second kappa shape index (κ2) is 8.13. The molecule has 1 saturated carbocycles. The first-order chi connectivity index (χ1) is 11.7. The minimum atomic E-state index is 0.513. The molecule has 0 atom stereocenters. The Morgan fingerprint density at radius 1 is 1.00 bits per heavy atom. The van der Waals surface area contributed by atoms with Crippen LogP contribution in [-0.4, -0.2) is 16.0 Å². The molecule has 2 N–H and O–H groups in total. The molecule has 0 saturated heterocycles. The lowest BCUT2D eigenvalue weighted by Gasteiger charge is -2.17. The van der Waals surface area contributed by atoms with Crippen molar-refractivity contribution in [3.05, 3.63) is 47.2 Å². The van der Waals surface area contributed by atoms with E-state index in [0.29, 0.717) is 6.04 Å². The molecule has 1 heterocycles. The molecule has 0 spiro atoms. The van der Waals surface area contributed by atoms with E-state index in [4.69, 9.17) is 0 Å². The average Bonchev–Trinajstić information content (AvgIpc) is 2.81. The Balaban J connectivity index is 1.64. The number of aryl methyl sites for hydroxylation is 2. The number of nitrogens with one attached hydrogen (secondary N) is 2. The first-order valence-corrected chi connectivity index (χ1v) is 9.11. The summed E-state index contributed by atoms with van der Waals surface area (Å²) in [6.45, 7) is 4.92. The number of nitrogens with zero attached hydrogens (tertiary/aromatic N) is 2. The van der Waals surface area contributed by atoms with Gasteiger partial charge in [0.05, 0.1) is 0 Å². The molecule has 0 radical (unpaired) electrons. The molecule has 3 rings (SSSR count). The Morgan fingerprint density at radius 2 is 1.79 bits per heavy atom. The Bertz CT molecular complexity index is 660. The number of anilines is 2. The summed E-state index contributed by atoms with van der Waals surface area (Å²) in [5.41, 5.74) is 3.54. The summed E-state index contributed by atoms with van der Waals surface area (Å²) in [6, 6.07) is 11.1. The third-order valence-corrected chi connectivity index (χ3v) is 4.60. The van der Waals surface area contributed by atoms with Gasteiger partial charge >= 0.3 is 0 Å². The van der Waals surface area contributed by atoms with Crippen LogP contribution in [0.5, 0.6) is 0 Å². The zero-order valence-electron chi connectivity index (χ0n) is 14.8. The second-order valence-corrected chi connectivity index (χ2v) is 6.89. The van der Waals surface area contributed by atoms with E-state index in [2.05, 4.69) is 51.8 Å². The van der Waals surface area contributed by atoms with E-state index in [1.54, 1.807) is 0 Å². The van der Waals surface area contributed by atoms with Crippen molar-refractivity contribution in [2.24, 2.45) is 0 Å². The van der Waals surface area contributed by atoms with Crippen LogP contribution in [0.4, 0.5) is 11.8 Å². The maximum absolute atomic E-state index is 4.66. The van der Waals surface area contributed by atoms with Crippen LogP contribution in [0.2, 0.25) is 0 Å². The lowest BCUT2D eigenvalue weighted by Crippen LogP contribution is -2.20. The van der Waals surface area contributed by atoms with E-state index < -0.39 is 0 Å². The van der Waals surface area contributed by atoms with Crippen molar-refractivity contribution < 1.29 is 0 Å². The number of rotatable bonds is 5. The Morgan fingerprint density at radius 3 is 2.54 bits per heavy atom. The summed E-state index contributed by atoms with van der Waals surface area (Å²) < 4.78 is 0. The van der Waals surface area contributed by atoms with Crippen LogP contribution >= 0.6 is 0 Å². The molecule has 1 aliphatic rings. The van der Waals surface area contributed by atoms with E-state index in [1.165, 1.54) is 49.7 Å². The molecule has 24 heavy (non-hydrogen) atoms. The van der Waals surface area contributed by atoms with Gasteiger partial charge in [0.15, 0.2) is 0 Å². The summed E-state index contributed by atoms with van der Waals surface area (Å²) >= 11 is 0. The van der Waals surface area contributed by atoms with Crippen molar-refractivity contribution in [3.8, 4) is 0 Å². The van der Waals surface area contributed by atoms with Crippen molar-refractivity contribution >= 4 is 11.8 Å². The van der Waals surface area contributed by atoms with Crippen LogP contribution in [0.1, 0.15) is 55.3 Å².